The second-order valence-electron chi connectivity index (χ2n) is 7.60. The summed E-state index contributed by atoms with van der Waals surface area (Å²) in [5.74, 6) is -0.457. The van der Waals surface area contributed by atoms with Crippen LogP contribution < -0.4 is 10.2 Å². The van der Waals surface area contributed by atoms with E-state index in [9.17, 15) is 14.4 Å². The maximum atomic E-state index is 13.6. The maximum Gasteiger partial charge on any atom is 0.317 e. The van der Waals surface area contributed by atoms with E-state index >= 15 is 0 Å². The molecule has 0 atom stereocenters. The number of nitrogens with one attached hydrogen (secondary N) is 1. The third kappa shape index (κ3) is 3.57. The Morgan fingerprint density at radius 2 is 1.77 bits per heavy atom. The van der Waals surface area contributed by atoms with Crippen LogP contribution in [0.25, 0.3) is 0 Å². The molecule has 1 spiro atoms. The van der Waals surface area contributed by atoms with Crippen LogP contribution in [0.5, 0.6) is 0 Å². The predicted molar refractivity (Wildman–Crippen MR) is 114 cm³/mol. The highest BCUT2D eigenvalue weighted by atomic mass is 35.5. The van der Waals surface area contributed by atoms with E-state index in [4.69, 9.17) is 16.9 Å². The molecule has 31 heavy (non-hydrogen) atoms. The van der Waals surface area contributed by atoms with Crippen LogP contribution >= 0.6 is 11.6 Å². The Labute approximate surface area is 184 Å². The number of nitriles is 1. The van der Waals surface area contributed by atoms with Crippen LogP contribution in [-0.4, -0.2) is 59.9 Å². The van der Waals surface area contributed by atoms with Gasteiger partial charge in [-0.05, 0) is 42.0 Å². The maximum absolute atomic E-state index is 13.6. The summed E-state index contributed by atoms with van der Waals surface area (Å²) in [6, 6.07) is 15.4. The number of hydrogen-bond acceptors (Lipinski definition) is 4. The van der Waals surface area contributed by atoms with Gasteiger partial charge in [0.05, 0.1) is 24.7 Å². The fourth-order valence-corrected chi connectivity index (χ4v) is 4.15. The van der Waals surface area contributed by atoms with Gasteiger partial charge >= 0.3 is 6.03 Å². The average Bonchev–Trinajstić information content (AvgIpc) is 2.76. The first-order valence-electron chi connectivity index (χ1n) is 9.71. The van der Waals surface area contributed by atoms with Gasteiger partial charge in [-0.15, -0.1) is 0 Å². The number of nitrogens with zero attached hydrogens (tertiary/aromatic N) is 4. The van der Waals surface area contributed by atoms with Crippen molar-refractivity contribution in [2.75, 3.05) is 31.6 Å². The Balaban J connectivity index is 1.67. The quantitative estimate of drug-likeness (QED) is 0.794. The van der Waals surface area contributed by atoms with Crippen molar-refractivity contribution >= 4 is 35.1 Å². The van der Waals surface area contributed by atoms with Crippen molar-refractivity contribution in [1.82, 2.24) is 15.1 Å². The summed E-state index contributed by atoms with van der Waals surface area (Å²) >= 11 is 5.97. The second-order valence-corrected chi connectivity index (χ2v) is 8.04. The zero-order valence-corrected chi connectivity index (χ0v) is 17.6. The second kappa shape index (κ2) is 7.93. The molecule has 8 nitrogen and oxygen atoms in total. The van der Waals surface area contributed by atoms with Crippen LogP contribution in [0.15, 0.2) is 48.5 Å². The van der Waals surface area contributed by atoms with E-state index in [0.29, 0.717) is 16.3 Å². The minimum Gasteiger partial charge on any atom is -0.341 e. The number of hydrogen-bond donors (Lipinski definition) is 1. The lowest BCUT2D eigenvalue weighted by molar-refractivity contribution is -0.161. The molecule has 2 fully saturated rings. The number of anilines is 1. The molecule has 4 rings (SSSR count). The number of carbonyl (C=O) groups is 3. The molecule has 0 radical (unpaired) electrons. The number of rotatable bonds is 3. The molecule has 2 aliphatic heterocycles. The lowest BCUT2D eigenvalue weighted by Crippen LogP contribution is -2.81. The minimum absolute atomic E-state index is 0.109. The molecule has 0 bridgehead atoms. The van der Waals surface area contributed by atoms with Crippen molar-refractivity contribution in [3.8, 4) is 6.07 Å². The normalized spacial score (nSPS) is 17.4. The van der Waals surface area contributed by atoms with Crippen molar-refractivity contribution < 1.29 is 14.4 Å². The summed E-state index contributed by atoms with van der Waals surface area (Å²) in [7, 11) is 1.52. The standard InChI is InChI=1S/C22H20ClN5O3/c1-25-21(31)26-13-22(14-26)20(30)27(18-8-4-15(10-24)5-9-18)12-19(29)28(22)11-16-2-6-17(23)7-3-16/h2-9H,11-14H2,1H3,(H,25,31). The van der Waals surface area contributed by atoms with Gasteiger partial charge in [0.15, 0.2) is 5.54 Å². The first-order chi connectivity index (χ1) is 14.9. The lowest BCUT2D eigenvalue weighted by atomic mass is 9.83. The van der Waals surface area contributed by atoms with Crippen molar-refractivity contribution in [2.24, 2.45) is 0 Å². The van der Waals surface area contributed by atoms with E-state index in [1.807, 2.05) is 18.2 Å². The molecule has 2 saturated heterocycles. The summed E-state index contributed by atoms with van der Waals surface area (Å²) in [5.41, 5.74) is 0.708. The van der Waals surface area contributed by atoms with Crippen molar-refractivity contribution in [2.45, 2.75) is 12.1 Å². The Morgan fingerprint density at radius 3 is 2.35 bits per heavy atom. The van der Waals surface area contributed by atoms with Gasteiger partial charge in [0.25, 0.3) is 5.91 Å². The zero-order valence-electron chi connectivity index (χ0n) is 16.8. The van der Waals surface area contributed by atoms with Crippen molar-refractivity contribution in [3.05, 3.63) is 64.7 Å². The summed E-state index contributed by atoms with van der Waals surface area (Å²) in [6.07, 6.45) is 0. The summed E-state index contributed by atoms with van der Waals surface area (Å²) in [5, 5.41) is 12.2. The first-order valence-corrected chi connectivity index (χ1v) is 10.1. The number of urea groups is 1. The largest absolute Gasteiger partial charge is 0.341 e. The molecule has 2 aromatic rings. The number of halogens is 1. The molecule has 2 aromatic carbocycles. The predicted octanol–water partition coefficient (Wildman–Crippen LogP) is 1.98. The fourth-order valence-electron chi connectivity index (χ4n) is 4.03. The van der Waals surface area contributed by atoms with Crippen LogP contribution in [0.2, 0.25) is 5.02 Å². The van der Waals surface area contributed by atoms with Crippen LogP contribution in [-0.2, 0) is 16.1 Å². The van der Waals surface area contributed by atoms with Gasteiger partial charge < -0.3 is 20.0 Å². The highest BCUT2D eigenvalue weighted by Gasteiger charge is 2.60. The summed E-state index contributed by atoms with van der Waals surface area (Å²) < 4.78 is 0. The van der Waals surface area contributed by atoms with E-state index < -0.39 is 5.54 Å². The van der Waals surface area contributed by atoms with Gasteiger partial charge in [0.2, 0.25) is 5.91 Å². The van der Waals surface area contributed by atoms with Gasteiger partial charge in [-0.2, -0.15) is 5.26 Å². The lowest BCUT2D eigenvalue weighted by Gasteiger charge is -2.57. The Bertz CT molecular complexity index is 1070. The van der Waals surface area contributed by atoms with Crippen LogP contribution in [0.4, 0.5) is 10.5 Å². The molecule has 0 unspecified atom stereocenters. The van der Waals surface area contributed by atoms with Crippen LogP contribution in [0.3, 0.4) is 0 Å². The number of benzene rings is 2. The topological polar surface area (TPSA) is 96.7 Å². The smallest absolute Gasteiger partial charge is 0.317 e. The van der Waals surface area contributed by atoms with Gasteiger partial charge in [-0.25, -0.2) is 4.79 Å². The van der Waals surface area contributed by atoms with E-state index in [0.717, 1.165) is 5.56 Å². The van der Waals surface area contributed by atoms with Crippen molar-refractivity contribution in [1.29, 1.82) is 5.26 Å². The van der Waals surface area contributed by atoms with Gasteiger partial charge in [0, 0.05) is 24.3 Å². The summed E-state index contributed by atoms with van der Waals surface area (Å²) in [6.45, 7) is 0.347. The molecule has 0 aromatic heterocycles. The van der Waals surface area contributed by atoms with Crippen LogP contribution in [0.1, 0.15) is 11.1 Å². The molecule has 0 saturated carbocycles. The Kier molecular flexibility index (Phi) is 5.29. The number of amides is 4. The molecular weight excluding hydrogens is 418 g/mol. The van der Waals surface area contributed by atoms with E-state index in [1.54, 1.807) is 41.3 Å². The molecule has 4 amide bonds. The Morgan fingerprint density at radius 1 is 1.13 bits per heavy atom. The van der Waals surface area contributed by atoms with Gasteiger partial charge in [-0.3, -0.25) is 9.59 Å². The number of piperazine rings is 1. The number of carbonyl (C=O) groups excluding carboxylic acids is 3. The molecular formula is C22H20ClN5O3. The molecule has 158 valence electrons. The van der Waals surface area contributed by atoms with E-state index in [-0.39, 0.29) is 44.0 Å². The Hall–Kier alpha value is -3.57. The SMILES string of the molecule is CNC(=O)N1CC2(C1)C(=O)N(c1ccc(C#N)cc1)CC(=O)N2Cc1ccc(Cl)cc1. The average molecular weight is 438 g/mol. The summed E-state index contributed by atoms with van der Waals surface area (Å²) in [4.78, 5) is 43.4. The first kappa shape index (κ1) is 20.7. The third-order valence-electron chi connectivity index (χ3n) is 5.72. The van der Waals surface area contributed by atoms with E-state index in [1.165, 1.54) is 16.8 Å². The monoisotopic (exact) mass is 437 g/mol. The highest BCUT2D eigenvalue weighted by molar-refractivity contribution is 6.30. The van der Waals surface area contributed by atoms with E-state index in [2.05, 4.69) is 5.32 Å². The van der Waals surface area contributed by atoms with Crippen LogP contribution in [0, 0.1) is 11.3 Å². The van der Waals surface area contributed by atoms with Crippen molar-refractivity contribution in [3.63, 3.8) is 0 Å². The molecule has 2 aliphatic rings. The minimum atomic E-state index is -1.14. The molecule has 1 N–H and O–H groups in total. The molecule has 0 aliphatic carbocycles. The fraction of sp³-hybridized carbons (Fsp3) is 0.273. The number of likely N-dealkylation sites (tertiary alicyclic amines) is 1. The molecule has 2 heterocycles. The zero-order chi connectivity index (χ0) is 22.2. The highest BCUT2D eigenvalue weighted by Crippen LogP contribution is 2.36. The van der Waals surface area contributed by atoms with Gasteiger partial charge in [0.1, 0.15) is 6.54 Å². The third-order valence-corrected chi connectivity index (χ3v) is 5.97. The molecule has 9 heteroatoms. The van der Waals surface area contributed by atoms with Gasteiger partial charge in [-0.1, -0.05) is 23.7 Å².